The van der Waals surface area contributed by atoms with E-state index >= 15 is 0 Å². The highest BCUT2D eigenvalue weighted by Crippen LogP contribution is 2.23. The Morgan fingerprint density at radius 2 is 1.54 bits per heavy atom. The molecule has 0 aliphatic rings. The van der Waals surface area contributed by atoms with Gasteiger partial charge in [0.25, 0.3) is 11.8 Å². The number of anilines is 2. The van der Waals surface area contributed by atoms with Crippen LogP contribution in [0, 0.1) is 20.8 Å². The van der Waals surface area contributed by atoms with Gasteiger partial charge in [0.05, 0.1) is 16.8 Å². The lowest BCUT2D eigenvalue weighted by atomic mass is 10.1. The van der Waals surface area contributed by atoms with Crippen LogP contribution in [-0.4, -0.2) is 11.8 Å². The summed E-state index contributed by atoms with van der Waals surface area (Å²) in [5, 5.41) is 5.75. The van der Waals surface area contributed by atoms with Gasteiger partial charge >= 0.3 is 0 Å². The second kappa shape index (κ2) is 7.54. The Balaban J connectivity index is 1.82. The van der Waals surface area contributed by atoms with Gasteiger partial charge < -0.3 is 10.6 Å². The molecule has 5 heteroatoms. The Morgan fingerprint density at radius 3 is 2.23 bits per heavy atom. The fraction of sp³-hybridized carbons (Fsp3) is 0.143. The lowest BCUT2D eigenvalue weighted by molar-refractivity contribution is 0.102. The molecule has 0 spiro atoms. The van der Waals surface area contributed by atoms with E-state index < -0.39 is 0 Å². The molecule has 0 unspecified atom stereocenters. The third-order valence-electron chi connectivity index (χ3n) is 3.98. The summed E-state index contributed by atoms with van der Waals surface area (Å²) < 4.78 is 0. The van der Waals surface area contributed by atoms with Gasteiger partial charge in [0.2, 0.25) is 0 Å². The molecule has 4 nitrogen and oxygen atoms in total. The van der Waals surface area contributed by atoms with E-state index in [1.54, 1.807) is 35.6 Å². The zero-order valence-corrected chi connectivity index (χ0v) is 15.7. The molecule has 0 fully saturated rings. The van der Waals surface area contributed by atoms with Crippen LogP contribution in [0.4, 0.5) is 11.4 Å². The van der Waals surface area contributed by atoms with E-state index in [9.17, 15) is 9.59 Å². The topological polar surface area (TPSA) is 58.2 Å². The molecule has 3 aromatic rings. The third-order valence-corrected chi connectivity index (χ3v) is 4.95. The van der Waals surface area contributed by atoms with Crippen molar-refractivity contribution < 1.29 is 9.59 Å². The zero-order valence-electron chi connectivity index (χ0n) is 14.9. The predicted molar refractivity (Wildman–Crippen MR) is 107 cm³/mol. The van der Waals surface area contributed by atoms with Crippen molar-refractivity contribution in [3.63, 3.8) is 0 Å². The summed E-state index contributed by atoms with van der Waals surface area (Å²) in [5.74, 6) is -0.465. The highest BCUT2D eigenvalue weighted by Gasteiger charge is 2.16. The highest BCUT2D eigenvalue weighted by molar-refractivity contribution is 7.12. The molecule has 2 aromatic carbocycles. The van der Waals surface area contributed by atoms with Crippen molar-refractivity contribution >= 4 is 34.5 Å². The first-order chi connectivity index (χ1) is 12.4. The van der Waals surface area contributed by atoms with Gasteiger partial charge in [-0.3, -0.25) is 9.59 Å². The fourth-order valence-corrected chi connectivity index (χ4v) is 3.68. The SMILES string of the molecule is Cc1cccc(NC(=O)c2ccccc2NC(=O)c2cc(C)sc2C)c1. The van der Waals surface area contributed by atoms with Crippen molar-refractivity contribution in [2.24, 2.45) is 0 Å². The summed E-state index contributed by atoms with van der Waals surface area (Å²) >= 11 is 1.58. The Labute approximate surface area is 156 Å². The number of para-hydroxylation sites is 1. The maximum absolute atomic E-state index is 12.7. The van der Waals surface area contributed by atoms with Crippen molar-refractivity contribution in [2.45, 2.75) is 20.8 Å². The Morgan fingerprint density at radius 1 is 0.808 bits per heavy atom. The van der Waals surface area contributed by atoms with E-state index in [0.29, 0.717) is 16.8 Å². The van der Waals surface area contributed by atoms with Gasteiger partial charge in [0.15, 0.2) is 0 Å². The molecular weight excluding hydrogens is 344 g/mol. The molecule has 0 atom stereocenters. The summed E-state index contributed by atoms with van der Waals surface area (Å²) in [6.07, 6.45) is 0. The van der Waals surface area contributed by atoms with Gasteiger partial charge in [-0.15, -0.1) is 11.3 Å². The minimum absolute atomic E-state index is 0.206. The Kier molecular flexibility index (Phi) is 5.19. The van der Waals surface area contributed by atoms with Crippen LogP contribution in [0.1, 0.15) is 36.0 Å². The molecule has 0 aliphatic heterocycles. The quantitative estimate of drug-likeness (QED) is 0.670. The van der Waals surface area contributed by atoms with Crippen LogP contribution in [-0.2, 0) is 0 Å². The largest absolute Gasteiger partial charge is 0.322 e. The Bertz CT molecular complexity index is 976. The number of nitrogens with one attached hydrogen (secondary N) is 2. The molecule has 1 heterocycles. The van der Waals surface area contributed by atoms with E-state index in [-0.39, 0.29) is 11.8 Å². The van der Waals surface area contributed by atoms with Crippen molar-refractivity contribution in [1.82, 2.24) is 0 Å². The lowest BCUT2D eigenvalue weighted by Crippen LogP contribution is -2.18. The van der Waals surface area contributed by atoms with Crippen LogP contribution in [0.2, 0.25) is 0 Å². The van der Waals surface area contributed by atoms with Gasteiger partial charge in [0, 0.05) is 15.4 Å². The molecule has 2 amide bonds. The van der Waals surface area contributed by atoms with Crippen molar-refractivity contribution in [2.75, 3.05) is 10.6 Å². The monoisotopic (exact) mass is 364 g/mol. The van der Waals surface area contributed by atoms with Crippen LogP contribution < -0.4 is 10.6 Å². The molecule has 0 saturated carbocycles. The van der Waals surface area contributed by atoms with Crippen molar-refractivity contribution in [1.29, 1.82) is 0 Å². The van der Waals surface area contributed by atoms with E-state index in [1.807, 2.05) is 51.1 Å². The number of carbonyl (C=O) groups is 2. The molecule has 0 aliphatic carbocycles. The first-order valence-corrected chi connectivity index (χ1v) is 9.11. The second-order valence-electron chi connectivity index (χ2n) is 6.15. The normalized spacial score (nSPS) is 10.4. The van der Waals surface area contributed by atoms with Gasteiger partial charge in [-0.05, 0) is 56.7 Å². The number of carbonyl (C=O) groups excluding carboxylic acids is 2. The Hall–Kier alpha value is -2.92. The van der Waals surface area contributed by atoms with Crippen LogP contribution in [0.15, 0.2) is 54.6 Å². The number of hydrogen-bond acceptors (Lipinski definition) is 3. The average molecular weight is 364 g/mol. The van der Waals surface area contributed by atoms with Crippen LogP contribution >= 0.6 is 11.3 Å². The molecule has 3 rings (SSSR count). The predicted octanol–water partition coefficient (Wildman–Crippen LogP) is 5.18. The van der Waals surface area contributed by atoms with E-state index in [1.165, 1.54) is 0 Å². The van der Waals surface area contributed by atoms with E-state index in [0.717, 1.165) is 21.0 Å². The summed E-state index contributed by atoms with van der Waals surface area (Å²) in [4.78, 5) is 27.3. The summed E-state index contributed by atoms with van der Waals surface area (Å²) in [6, 6.07) is 16.5. The smallest absolute Gasteiger partial charge is 0.257 e. The molecule has 132 valence electrons. The number of rotatable bonds is 4. The standard InChI is InChI=1S/C21H20N2O2S/c1-13-7-6-8-16(11-13)22-20(24)17-9-4-5-10-19(17)23-21(25)18-12-14(2)26-15(18)3/h4-12H,1-3H3,(H,22,24)(H,23,25). The van der Waals surface area contributed by atoms with E-state index in [4.69, 9.17) is 0 Å². The molecule has 2 N–H and O–H groups in total. The van der Waals surface area contributed by atoms with Crippen LogP contribution in [0.25, 0.3) is 0 Å². The highest BCUT2D eigenvalue weighted by atomic mass is 32.1. The number of benzene rings is 2. The molecule has 0 bridgehead atoms. The fourth-order valence-electron chi connectivity index (χ4n) is 2.76. The summed E-state index contributed by atoms with van der Waals surface area (Å²) in [7, 11) is 0. The first-order valence-electron chi connectivity index (χ1n) is 8.29. The number of thiophene rings is 1. The minimum atomic E-state index is -0.260. The van der Waals surface area contributed by atoms with E-state index in [2.05, 4.69) is 10.6 Å². The number of amides is 2. The van der Waals surface area contributed by atoms with Crippen LogP contribution in [0.3, 0.4) is 0 Å². The van der Waals surface area contributed by atoms with Crippen molar-refractivity contribution in [3.8, 4) is 0 Å². The summed E-state index contributed by atoms with van der Waals surface area (Å²) in [6.45, 7) is 5.86. The average Bonchev–Trinajstić information content (AvgIpc) is 2.94. The molecule has 26 heavy (non-hydrogen) atoms. The zero-order chi connectivity index (χ0) is 18.7. The first kappa shape index (κ1) is 17.9. The molecule has 1 aromatic heterocycles. The maximum Gasteiger partial charge on any atom is 0.257 e. The third kappa shape index (κ3) is 4.00. The van der Waals surface area contributed by atoms with Gasteiger partial charge in [0.1, 0.15) is 0 Å². The second-order valence-corrected chi connectivity index (χ2v) is 7.61. The maximum atomic E-state index is 12.7. The number of hydrogen-bond donors (Lipinski definition) is 2. The summed E-state index contributed by atoms with van der Waals surface area (Å²) in [5.41, 5.74) is 3.34. The molecule has 0 saturated heterocycles. The minimum Gasteiger partial charge on any atom is -0.322 e. The van der Waals surface area contributed by atoms with Crippen LogP contribution in [0.5, 0.6) is 0 Å². The van der Waals surface area contributed by atoms with Gasteiger partial charge in [-0.25, -0.2) is 0 Å². The molecular formula is C21H20N2O2S. The number of aryl methyl sites for hydroxylation is 3. The molecule has 0 radical (unpaired) electrons. The van der Waals surface area contributed by atoms with Crippen molar-refractivity contribution in [3.05, 3.63) is 81.0 Å². The van der Waals surface area contributed by atoms with Gasteiger partial charge in [-0.2, -0.15) is 0 Å². The van der Waals surface area contributed by atoms with Gasteiger partial charge in [-0.1, -0.05) is 24.3 Å². The lowest BCUT2D eigenvalue weighted by Gasteiger charge is -2.12.